The fraction of sp³-hybridized carbons (Fsp3) is 0.778. The molecule has 15 heavy (non-hydrogen) atoms. The van der Waals surface area contributed by atoms with Gasteiger partial charge in [-0.15, -0.1) is 0 Å². The summed E-state index contributed by atoms with van der Waals surface area (Å²) in [5.74, 6) is -1.98. The van der Waals surface area contributed by atoms with E-state index in [1.54, 1.807) is 13.8 Å². The molecule has 0 bridgehead atoms. The number of likely N-dealkylation sites (tertiary alicyclic amines) is 1. The molecule has 1 rings (SSSR count). The summed E-state index contributed by atoms with van der Waals surface area (Å²) < 4.78 is 24.1. The largest absolute Gasteiger partial charge is 0.385 e. The molecular formula is C9H13F2NO3. The highest BCUT2D eigenvalue weighted by Gasteiger charge is 2.43. The van der Waals surface area contributed by atoms with Gasteiger partial charge in [-0.05, 0) is 0 Å². The number of alkyl halides is 2. The Morgan fingerprint density at radius 1 is 1.27 bits per heavy atom. The lowest BCUT2D eigenvalue weighted by molar-refractivity contribution is -0.143. The van der Waals surface area contributed by atoms with Crippen LogP contribution in [0.5, 0.6) is 0 Å². The third kappa shape index (κ3) is 2.14. The van der Waals surface area contributed by atoms with Crippen molar-refractivity contribution in [2.24, 2.45) is 11.8 Å². The monoisotopic (exact) mass is 221 g/mol. The van der Waals surface area contributed by atoms with Gasteiger partial charge in [0.05, 0.1) is 6.54 Å². The zero-order valence-electron chi connectivity index (χ0n) is 8.48. The normalized spacial score (nSPS) is 29.1. The Hall–Kier alpha value is -1.04. The first-order chi connectivity index (χ1) is 6.86. The van der Waals surface area contributed by atoms with E-state index in [2.05, 4.69) is 0 Å². The van der Waals surface area contributed by atoms with Crippen LogP contribution in [-0.2, 0) is 9.59 Å². The number of aliphatic hydroxyl groups is 1. The predicted molar refractivity (Wildman–Crippen MR) is 47.1 cm³/mol. The summed E-state index contributed by atoms with van der Waals surface area (Å²) in [6.07, 6.45) is -4.91. The number of hydrogen-bond donors (Lipinski definition) is 1. The van der Waals surface area contributed by atoms with Crippen LogP contribution in [0.4, 0.5) is 8.78 Å². The molecule has 86 valence electrons. The average molecular weight is 221 g/mol. The van der Waals surface area contributed by atoms with Gasteiger partial charge < -0.3 is 5.11 Å². The SMILES string of the molecule is CC1C(=O)N(CC(O)C(F)F)C(=O)C1C. The van der Waals surface area contributed by atoms with Gasteiger partial charge >= 0.3 is 0 Å². The zero-order chi connectivity index (χ0) is 11.7. The second-order valence-electron chi connectivity index (χ2n) is 3.77. The molecule has 4 nitrogen and oxygen atoms in total. The quantitative estimate of drug-likeness (QED) is 0.695. The van der Waals surface area contributed by atoms with Crippen molar-refractivity contribution in [2.75, 3.05) is 6.54 Å². The number of nitrogens with zero attached hydrogens (tertiary/aromatic N) is 1. The summed E-state index contributed by atoms with van der Waals surface area (Å²) in [4.78, 5) is 23.6. The highest BCUT2D eigenvalue weighted by atomic mass is 19.3. The van der Waals surface area contributed by atoms with Gasteiger partial charge in [-0.1, -0.05) is 13.8 Å². The first kappa shape index (κ1) is 12.0. The lowest BCUT2D eigenvalue weighted by Gasteiger charge is -2.18. The van der Waals surface area contributed by atoms with Crippen LogP contribution in [0.3, 0.4) is 0 Å². The first-order valence-corrected chi connectivity index (χ1v) is 4.67. The van der Waals surface area contributed by atoms with Crippen LogP contribution >= 0.6 is 0 Å². The molecule has 1 aliphatic heterocycles. The maximum Gasteiger partial charge on any atom is 0.265 e. The second kappa shape index (κ2) is 4.22. The zero-order valence-corrected chi connectivity index (χ0v) is 8.48. The van der Waals surface area contributed by atoms with E-state index in [1.807, 2.05) is 0 Å². The first-order valence-electron chi connectivity index (χ1n) is 4.67. The number of carbonyl (C=O) groups is 2. The second-order valence-corrected chi connectivity index (χ2v) is 3.77. The molecule has 0 aromatic carbocycles. The van der Waals surface area contributed by atoms with Gasteiger partial charge in [0.1, 0.15) is 6.10 Å². The minimum Gasteiger partial charge on any atom is -0.385 e. The molecule has 0 aromatic rings. The summed E-state index contributed by atoms with van der Waals surface area (Å²) in [6, 6.07) is 0. The Kier molecular flexibility index (Phi) is 3.38. The van der Waals surface area contributed by atoms with Crippen molar-refractivity contribution in [3.8, 4) is 0 Å². The van der Waals surface area contributed by atoms with Gasteiger partial charge in [0.15, 0.2) is 0 Å². The Morgan fingerprint density at radius 3 is 2.00 bits per heavy atom. The maximum absolute atomic E-state index is 12.0. The van der Waals surface area contributed by atoms with Crippen LogP contribution in [0.1, 0.15) is 13.8 Å². The van der Waals surface area contributed by atoms with Gasteiger partial charge in [0, 0.05) is 11.8 Å². The van der Waals surface area contributed by atoms with Crippen molar-refractivity contribution in [1.29, 1.82) is 0 Å². The standard InChI is InChI=1S/C9H13F2NO3/c1-4-5(2)9(15)12(8(4)14)3-6(13)7(10)11/h4-7,13H,3H2,1-2H3. The number of aliphatic hydroxyl groups excluding tert-OH is 1. The van der Waals surface area contributed by atoms with Crippen molar-refractivity contribution in [3.63, 3.8) is 0 Å². The fourth-order valence-corrected chi connectivity index (χ4v) is 1.47. The fourth-order valence-electron chi connectivity index (χ4n) is 1.47. The van der Waals surface area contributed by atoms with Gasteiger partial charge in [0.2, 0.25) is 11.8 Å². The molecule has 3 unspecified atom stereocenters. The van der Waals surface area contributed by atoms with Crippen molar-refractivity contribution in [1.82, 2.24) is 4.90 Å². The van der Waals surface area contributed by atoms with Gasteiger partial charge in [-0.25, -0.2) is 8.78 Å². The minimum absolute atomic E-state index is 0.493. The molecule has 0 aliphatic carbocycles. The Labute approximate surface area is 85.9 Å². The van der Waals surface area contributed by atoms with E-state index in [-0.39, 0.29) is 0 Å². The van der Waals surface area contributed by atoms with Crippen molar-refractivity contribution < 1.29 is 23.5 Å². The number of rotatable bonds is 3. The highest BCUT2D eigenvalue weighted by molar-refractivity contribution is 6.04. The molecule has 0 radical (unpaired) electrons. The molecule has 1 saturated heterocycles. The van der Waals surface area contributed by atoms with Gasteiger partial charge in [0.25, 0.3) is 6.43 Å². The van der Waals surface area contributed by atoms with E-state index in [0.29, 0.717) is 4.90 Å². The molecule has 1 aliphatic rings. The van der Waals surface area contributed by atoms with Gasteiger partial charge in [-0.2, -0.15) is 0 Å². The Morgan fingerprint density at radius 2 is 1.67 bits per heavy atom. The van der Waals surface area contributed by atoms with Gasteiger partial charge in [-0.3, -0.25) is 14.5 Å². The molecule has 3 atom stereocenters. The van der Waals surface area contributed by atoms with Crippen LogP contribution in [0.2, 0.25) is 0 Å². The van der Waals surface area contributed by atoms with Crippen molar-refractivity contribution >= 4 is 11.8 Å². The maximum atomic E-state index is 12.0. The topological polar surface area (TPSA) is 57.6 Å². The lowest BCUT2D eigenvalue weighted by Crippen LogP contribution is -2.40. The van der Waals surface area contributed by atoms with Crippen LogP contribution in [0.25, 0.3) is 0 Å². The molecule has 0 aromatic heterocycles. The number of carbonyl (C=O) groups excluding carboxylic acids is 2. The van der Waals surface area contributed by atoms with E-state index in [4.69, 9.17) is 5.11 Å². The molecule has 1 heterocycles. The van der Waals surface area contributed by atoms with Crippen LogP contribution in [0.15, 0.2) is 0 Å². The molecule has 6 heteroatoms. The molecule has 1 fully saturated rings. The summed E-state index contributed by atoms with van der Waals surface area (Å²) in [7, 11) is 0. The van der Waals surface area contributed by atoms with E-state index >= 15 is 0 Å². The number of halogens is 2. The summed E-state index contributed by atoms with van der Waals surface area (Å²) in [5.41, 5.74) is 0. The molecule has 2 amide bonds. The number of β-amino-alcohol motifs (C(OH)–C–C–N with tert-alkyl or cyclic N) is 1. The van der Waals surface area contributed by atoms with Crippen LogP contribution in [0, 0.1) is 11.8 Å². The van der Waals surface area contributed by atoms with E-state index in [9.17, 15) is 18.4 Å². The Bertz CT molecular complexity index is 263. The predicted octanol–water partition coefficient (Wildman–Crippen LogP) is 0.253. The molecular weight excluding hydrogens is 208 g/mol. The van der Waals surface area contributed by atoms with Crippen LogP contribution < -0.4 is 0 Å². The van der Waals surface area contributed by atoms with E-state index in [1.165, 1.54) is 0 Å². The average Bonchev–Trinajstić information content (AvgIpc) is 2.35. The number of amides is 2. The van der Waals surface area contributed by atoms with Crippen LogP contribution in [-0.4, -0.2) is 40.9 Å². The van der Waals surface area contributed by atoms with E-state index < -0.39 is 42.7 Å². The highest BCUT2D eigenvalue weighted by Crippen LogP contribution is 2.25. The molecule has 0 saturated carbocycles. The third-order valence-electron chi connectivity index (χ3n) is 2.72. The summed E-state index contributed by atoms with van der Waals surface area (Å²) >= 11 is 0. The van der Waals surface area contributed by atoms with Crippen molar-refractivity contribution in [3.05, 3.63) is 0 Å². The number of imide groups is 1. The van der Waals surface area contributed by atoms with E-state index in [0.717, 1.165) is 0 Å². The third-order valence-corrected chi connectivity index (χ3v) is 2.72. The number of hydrogen-bond acceptors (Lipinski definition) is 3. The minimum atomic E-state index is -2.95. The molecule has 1 N–H and O–H groups in total. The van der Waals surface area contributed by atoms with Crippen molar-refractivity contribution in [2.45, 2.75) is 26.4 Å². The molecule has 0 spiro atoms. The summed E-state index contributed by atoms with van der Waals surface area (Å²) in [6.45, 7) is 2.52. The summed E-state index contributed by atoms with van der Waals surface area (Å²) in [5, 5.41) is 8.90. The Balaban J connectivity index is 2.71. The lowest BCUT2D eigenvalue weighted by atomic mass is 10.00. The smallest absolute Gasteiger partial charge is 0.265 e.